The average molecular weight is 308 g/mol. The van der Waals surface area contributed by atoms with Crippen molar-refractivity contribution in [3.05, 3.63) is 10.9 Å². The maximum atomic E-state index is 9.45. The summed E-state index contributed by atoms with van der Waals surface area (Å²) in [4.78, 5) is 13.0. The lowest BCUT2D eigenvalue weighted by Gasteiger charge is -2.43. The van der Waals surface area contributed by atoms with E-state index in [1.807, 2.05) is 20.8 Å². The van der Waals surface area contributed by atoms with E-state index in [0.717, 1.165) is 16.0 Å². The smallest absolute Gasteiger partial charge is 0.223 e. The van der Waals surface area contributed by atoms with Crippen LogP contribution in [0.3, 0.4) is 0 Å². The van der Waals surface area contributed by atoms with Gasteiger partial charge < -0.3 is 20.5 Å². The molecule has 1 saturated heterocycles. The fraction of sp³-hybridized carbons (Fsp3) is 0.571. The third-order valence-corrected chi connectivity index (χ3v) is 4.44. The first-order valence-corrected chi connectivity index (χ1v) is 7.77. The van der Waals surface area contributed by atoms with E-state index in [9.17, 15) is 5.11 Å². The van der Waals surface area contributed by atoms with E-state index in [1.54, 1.807) is 11.3 Å². The number of aliphatic hydroxyl groups excluding tert-OH is 1. The zero-order chi connectivity index (χ0) is 15.2. The molecule has 1 atom stereocenters. The van der Waals surface area contributed by atoms with Crippen LogP contribution in [0.1, 0.15) is 18.7 Å². The molecule has 0 aromatic carbocycles. The summed E-state index contributed by atoms with van der Waals surface area (Å²) in [6.07, 6.45) is -0.222. The molecule has 114 valence electrons. The van der Waals surface area contributed by atoms with Crippen molar-refractivity contribution in [3.63, 3.8) is 0 Å². The van der Waals surface area contributed by atoms with E-state index in [0.29, 0.717) is 13.1 Å². The second kappa shape index (κ2) is 5.08. The zero-order valence-electron chi connectivity index (χ0n) is 12.5. The number of ether oxygens (including phenoxy) is 1. The van der Waals surface area contributed by atoms with Crippen LogP contribution in [0.5, 0.6) is 0 Å². The van der Waals surface area contributed by atoms with Crippen LogP contribution in [0.25, 0.3) is 10.2 Å². The Labute approximate surface area is 127 Å². The van der Waals surface area contributed by atoms with Crippen LogP contribution in [0.15, 0.2) is 6.07 Å². The lowest BCUT2D eigenvalue weighted by Crippen LogP contribution is -2.54. The quantitative estimate of drug-likeness (QED) is 0.876. The Kier molecular flexibility index (Phi) is 3.51. The number of hydrogen-bond donors (Lipinski definition) is 2. The van der Waals surface area contributed by atoms with Gasteiger partial charge in [-0.1, -0.05) is 0 Å². The minimum Gasteiger partial charge on any atom is -0.394 e. The molecule has 0 radical (unpaired) electrons. The number of fused-ring (bicyclic) bond motifs is 1. The number of aliphatic hydroxyl groups is 1. The number of anilines is 2. The molecule has 7 heteroatoms. The molecule has 1 aliphatic rings. The van der Waals surface area contributed by atoms with Gasteiger partial charge in [0.05, 0.1) is 23.7 Å². The summed E-state index contributed by atoms with van der Waals surface area (Å²) < 4.78 is 5.86. The van der Waals surface area contributed by atoms with Crippen molar-refractivity contribution in [1.29, 1.82) is 0 Å². The largest absolute Gasteiger partial charge is 0.394 e. The number of aromatic nitrogens is 2. The Hall–Kier alpha value is -1.44. The van der Waals surface area contributed by atoms with Crippen LogP contribution in [0.2, 0.25) is 0 Å². The SMILES string of the molecule is Cc1cc2c(N3CC(CO)OC(C)(C)C3)nc(N)nc2s1. The Morgan fingerprint density at radius 1 is 1.52 bits per heavy atom. The molecule has 2 aromatic rings. The van der Waals surface area contributed by atoms with E-state index >= 15 is 0 Å². The second-order valence-electron chi connectivity index (χ2n) is 6.04. The number of thiophene rings is 1. The maximum Gasteiger partial charge on any atom is 0.223 e. The molecule has 1 unspecified atom stereocenters. The normalized spacial score (nSPS) is 21.9. The molecule has 3 rings (SSSR count). The lowest BCUT2D eigenvalue weighted by atomic mass is 10.0. The number of hydrogen-bond acceptors (Lipinski definition) is 7. The first-order chi connectivity index (χ1) is 9.88. The molecule has 0 amide bonds. The van der Waals surface area contributed by atoms with Gasteiger partial charge in [-0.05, 0) is 26.8 Å². The van der Waals surface area contributed by atoms with Gasteiger partial charge in [-0.2, -0.15) is 4.98 Å². The van der Waals surface area contributed by atoms with Crippen LogP contribution in [0, 0.1) is 6.92 Å². The molecule has 0 bridgehead atoms. The molecular formula is C14H20N4O2S. The predicted octanol–water partition coefficient (Wildman–Crippen LogP) is 1.56. The van der Waals surface area contributed by atoms with Gasteiger partial charge in [0.1, 0.15) is 10.6 Å². The van der Waals surface area contributed by atoms with Gasteiger partial charge >= 0.3 is 0 Å². The molecule has 0 saturated carbocycles. The fourth-order valence-electron chi connectivity index (χ4n) is 2.84. The molecule has 0 aliphatic carbocycles. The summed E-state index contributed by atoms with van der Waals surface area (Å²) in [7, 11) is 0. The van der Waals surface area contributed by atoms with Crippen LogP contribution in [0.4, 0.5) is 11.8 Å². The Morgan fingerprint density at radius 2 is 2.29 bits per heavy atom. The molecule has 2 aromatic heterocycles. The summed E-state index contributed by atoms with van der Waals surface area (Å²) in [6, 6.07) is 2.09. The van der Waals surface area contributed by atoms with Crippen LogP contribution in [-0.2, 0) is 4.74 Å². The first-order valence-electron chi connectivity index (χ1n) is 6.95. The highest BCUT2D eigenvalue weighted by atomic mass is 32.1. The Balaban J connectivity index is 2.06. The average Bonchev–Trinajstić information content (AvgIpc) is 2.75. The van der Waals surface area contributed by atoms with Gasteiger partial charge in [0.2, 0.25) is 5.95 Å². The highest BCUT2D eigenvalue weighted by Crippen LogP contribution is 2.34. The molecule has 0 spiro atoms. The summed E-state index contributed by atoms with van der Waals surface area (Å²) in [5, 5.41) is 10.5. The van der Waals surface area contributed by atoms with E-state index < -0.39 is 0 Å². The molecule has 3 N–H and O–H groups in total. The van der Waals surface area contributed by atoms with E-state index in [4.69, 9.17) is 10.5 Å². The Morgan fingerprint density at radius 3 is 3.00 bits per heavy atom. The third kappa shape index (κ3) is 2.81. The number of nitrogen functional groups attached to an aromatic ring is 1. The van der Waals surface area contributed by atoms with Crippen LogP contribution >= 0.6 is 11.3 Å². The summed E-state index contributed by atoms with van der Waals surface area (Å²) in [6.45, 7) is 7.37. The standard InChI is InChI=1S/C14H20N4O2S/c1-8-4-10-11(16-13(15)17-12(10)21-8)18-5-9(6-19)20-14(2,3)7-18/h4,9,19H,5-7H2,1-3H3,(H2,15,16,17). The minimum absolute atomic E-state index is 0.00764. The highest BCUT2D eigenvalue weighted by molar-refractivity contribution is 7.18. The van der Waals surface area contributed by atoms with Gasteiger partial charge in [-0.15, -0.1) is 11.3 Å². The molecule has 1 aliphatic heterocycles. The molecule has 1 fully saturated rings. The van der Waals surface area contributed by atoms with Crippen molar-refractivity contribution in [2.24, 2.45) is 0 Å². The van der Waals surface area contributed by atoms with E-state index in [-0.39, 0.29) is 24.3 Å². The van der Waals surface area contributed by atoms with Gasteiger partial charge in [0.25, 0.3) is 0 Å². The Bertz CT molecular complexity index is 670. The van der Waals surface area contributed by atoms with Gasteiger partial charge in [-0.25, -0.2) is 4.98 Å². The molecule has 3 heterocycles. The molecule has 6 nitrogen and oxygen atoms in total. The number of aryl methyl sites for hydroxylation is 1. The zero-order valence-corrected chi connectivity index (χ0v) is 13.3. The van der Waals surface area contributed by atoms with Crippen molar-refractivity contribution in [2.45, 2.75) is 32.5 Å². The summed E-state index contributed by atoms with van der Waals surface area (Å²) in [5.74, 6) is 1.11. The van der Waals surface area contributed by atoms with Crippen molar-refractivity contribution in [1.82, 2.24) is 9.97 Å². The van der Waals surface area contributed by atoms with Gasteiger partial charge in [0.15, 0.2) is 0 Å². The number of nitrogens with two attached hydrogens (primary N) is 1. The topological polar surface area (TPSA) is 84.5 Å². The molecular weight excluding hydrogens is 288 g/mol. The van der Waals surface area contributed by atoms with Crippen molar-refractivity contribution in [3.8, 4) is 0 Å². The van der Waals surface area contributed by atoms with Crippen LogP contribution < -0.4 is 10.6 Å². The highest BCUT2D eigenvalue weighted by Gasteiger charge is 2.34. The second-order valence-corrected chi connectivity index (χ2v) is 7.28. The minimum atomic E-state index is -0.344. The monoisotopic (exact) mass is 308 g/mol. The summed E-state index contributed by atoms with van der Waals surface area (Å²) >= 11 is 1.61. The lowest BCUT2D eigenvalue weighted by molar-refractivity contribution is -0.101. The maximum absolute atomic E-state index is 9.45. The van der Waals surface area contributed by atoms with Crippen molar-refractivity contribution in [2.75, 3.05) is 30.3 Å². The van der Waals surface area contributed by atoms with E-state index in [2.05, 4.69) is 20.9 Å². The first kappa shape index (κ1) is 14.5. The number of nitrogens with zero attached hydrogens (tertiary/aromatic N) is 3. The number of rotatable bonds is 2. The molecule has 21 heavy (non-hydrogen) atoms. The third-order valence-electron chi connectivity index (χ3n) is 3.50. The summed E-state index contributed by atoms with van der Waals surface area (Å²) in [5.41, 5.74) is 5.51. The van der Waals surface area contributed by atoms with Gasteiger partial charge in [0, 0.05) is 18.0 Å². The van der Waals surface area contributed by atoms with Crippen LogP contribution in [-0.4, -0.2) is 46.5 Å². The number of morpholine rings is 1. The van der Waals surface area contributed by atoms with Gasteiger partial charge in [-0.3, -0.25) is 0 Å². The van der Waals surface area contributed by atoms with Crippen molar-refractivity contribution < 1.29 is 9.84 Å². The van der Waals surface area contributed by atoms with Crippen molar-refractivity contribution >= 4 is 33.3 Å². The fourth-order valence-corrected chi connectivity index (χ4v) is 3.72. The van der Waals surface area contributed by atoms with E-state index in [1.165, 1.54) is 4.88 Å². The predicted molar refractivity (Wildman–Crippen MR) is 84.8 cm³/mol.